The number of carbonyl (C=O) groups excluding carboxylic acids is 1. The van der Waals surface area contributed by atoms with E-state index in [0.717, 1.165) is 0 Å². The molecule has 72 valence electrons. The highest BCUT2D eigenvalue weighted by Crippen LogP contribution is 1.95. The molecule has 1 N–H and O–H groups in total. The maximum absolute atomic E-state index is 11.1. The van der Waals surface area contributed by atoms with Crippen LogP contribution in [0.5, 0.6) is 0 Å². The summed E-state index contributed by atoms with van der Waals surface area (Å²) in [6.45, 7) is 0.960. The van der Waals surface area contributed by atoms with Crippen molar-refractivity contribution >= 4 is 5.97 Å². The van der Waals surface area contributed by atoms with Crippen LogP contribution in [0.2, 0.25) is 0 Å². The largest absolute Gasteiger partial charge is 0.461 e. The lowest BCUT2D eigenvalue weighted by atomic mass is 10.4. The Balaban J connectivity index is 2.19. The highest BCUT2D eigenvalue weighted by Gasteiger charge is 2.06. The van der Waals surface area contributed by atoms with Crippen molar-refractivity contribution < 1.29 is 14.3 Å². The van der Waals surface area contributed by atoms with E-state index in [2.05, 4.69) is 10.2 Å². The summed E-state index contributed by atoms with van der Waals surface area (Å²) in [5.74, 6) is -0.381. The molecule has 0 saturated carbocycles. The first-order chi connectivity index (χ1) is 6.34. The summed E-state index contributed by atoms with van der Waals surface area (Å²) in [7, 11) is 1.61. The maximum atomic E-state index is 11.1. The van der Waals surface area contributed by atoms with Gasteiger partial charge in [-0.15, -0.1) is 0 Å². The Morgan fingerprint density at radius 1 is 1.62 bits per heavy atom. The fraction of sp³-hybridized carbons (Fsp3) is 0.500. The van der Waals surface area contributed by atoms with Gasteiger partial charge in [0.15, 0.2) is 0 Å². The maximum Gasteiger partial charge on any atom is 0.356 e. The molecule has 1 aromatic heterocycles. The number of hydrogen-bond acceptors (Lipinski definition) is 4. The topological polar surface area (TPSA) is 64.2 Å². The van der Waals surface area contributed by atoms with E-state index >= 15 is 0 Å². The van der Waals surface area contributed by atoms with Crippen LogP contribution in [0.4, 0.5) is 0 Å². The van der Waals surface area contributed by atoms with Gasteiger partial charge in [-0.2, -0.15) is 5.10 Å². The number of H-pyrrole nitrogens is 1. The average Bonchev–Trinajstić information content (AvgIpc) is 2.65. The minimum atomic E-state index is -0.381. The molecule has 0 spiro atoms. The lowest BCUT2D eigenvalue weighted by molar-refractivity contribution is 0.0461. The Labute approximate surface area is 76.0 Å². The van der Waals surface area contributed by atoms with Crippen molar-refractivity contribution in [3.8, 4) is 0 Å². The Kier molecular flexibility index (Phi) is 3.98. The molecule has 0 aliphatic rings. The number of nitrogens with zero attached hydrogens (tertiary/aromatic N) is 1. The second kappa shape index (κ2) is 5.31. The van der Waals surface area contributed by atoms with Crippen LogP contribution >= 0.6 is 0 Å². The van der Waals surface area contributed by atoms with Gasteiger partial charge in [0, 0.05) is 26.3 Å². The fourth-order valence-electron chi connectivity index (χ4n) is 0.815. The van der Waals surface area contributed by atoms with Crippen molar-refractivity contribution in [2.75, 3.05) is 20.3 Å². The average molecular weight is 184 g/mol. The van der Waals surface area contributed by atoms with Crippen molar-refractivity contribution in [3.63, 3.8) is 0 Å². The van der Waals surface area contributed by atoms with Crippen LogP contribution in [0, 0.1) is 0 Å². The zero-order chi connectivity index (χ0) is 9.52. The van der Waals surface area contributed by atoms with E-state index in [9.17, 15) is 4.79 Å². The van der Waals surface area contributed by atoms with Crippen LogP contribution in [0.3, 0.4) is 0 Å². The van der Waals surface area contributed by atoms with Gasteiger partial charge in [0.1, 0.15) is 5.69 Å². The summed E-state index contributed by atoms with van der Waals surface area (Å²) < 4.78 is 9.70. The van der Waals surface area contributed by atoms with Crippen LogP contribution in [-0.4, -0.2) is 36.5 Å². The number of rotatable bonds is 5. The van der Waals surface area contributed by atoms with Crippen LogP contribution < -0.4 is 0 Å². The number of esters is 1. The molecule has 0 aromatic carbocycles. The minimum absolute atomic E-state index is 0.367. The molecule has 5 heteroatoms. The van der Waals surface area contributed by atoms with E-state index < -0.39 is 0 Å². The summed E-state index contributed by atoms with van der Waals surface area (Å²) in [4.78, 5) is 11.1. The number of hydrogen-bond donors (Lipinski definition) is 1. The first-order valence-corrected chi connectivity index (χ1v) is 4.00. The first-order valence-electron chi connectivity index (χ1n) is 4.00. The molecule has 0 aliphatic carbocycles. The lowest BCUT2D eigenvalue weighted by Crippen LogP contribution is -2.08. The molecule has 13 heavy (non-hydrogen) atoms. The van der Waals surface area contributed by atoms with E-state index in [0.29, 0.717) is 25.3 Å². The smallest absolute Gasteiger partial charge is 0.356 e. The molecule has 0 fully saturated rings. The van der Waals surface area contributed by atoms with Crippen LogP contribution in [0.25, 0.3) is 0 Å². The van der Waals surface area contributed by atoms with Gasteiger partial charge in [-0.3, -0.25) is 5.10 Å². The molecular formula is C8H12N2O3. The third-order valence-corrected chi connectivity index (χ3v) is 1.45. The Morgan fingerprint density at radius 2 is 2.46 bits per heavy atom. The number of aromatic nitrogens is 2. The molecule has 1 rings (SSSR count). The van der Waals surface area contributed by atoms with E-state index in [-0.39, 0.29) is 5.97 Å². The molecule has 5 nitrogen and oxygen atoms in total. The van der Waals surface area contributed by atoms with Crippen LogP contribution in [-0.2, 0) is 9.47 Å². The van der Waals surface area contributed by atoms with E-state index in [1.54, 1.807) is 13.2 Å². The number of methoxy groups -OCH3 is 1. The normalized spacial score (nSPS) is 9.92. The highest BCUT2D eigenvalue weighted by atomic mass is 16.5. The van der Waals surface area contributed by atoms with E-state index in [1.165, 1.54) is 6.20 Å². The lowest BCUT2D eigenvalue weighted by Gasteiger charge is -2.01. The second-order valence-corrected chi connectivity index (χ2v) is 2.45. The fourth-order valence-corrected chi connectivity index (χ4v) is 0.815. The summed E-state index contributed by atoms with van der Waals surface area (Å²) >= 11 is 0. The summed E-state index contributed by atoms with van der Waals surface area (Å²) in [5.41, 5.74) is 0.373. The van der Waals surface area contributed by atoms with E-state index in [4.69, 9.17) is 9.47 Å². The van der Waals surface area contributed by atoms with Crippen molar-refractivity contribution in [1.82, 2.24) is 10.2 Å². The first kappa shape index (κ1) is 9.73. The molecule has 0 saturated heterocycles. The van der Waals surface area contributed by atoms with Gasteiger partial charge in [0.05, 0.1) is 6.61 Å². The number of carbonyl (C=O) groups is 1. The van der Waals surface area contributed by atoms with Gasteiger partial charge < -0.3 is 9.47 Å². The quantitative estimate of drug-likeness (QED) is 0.537. The Morgan fingerprint density at radius 3 is 3.08 bits per heavy atom. The van der Waals surface area contributed by atoms with Gasteiger partial charge in [-0.05, 0) is 6.07 Å². The Bertz CT molecular complexity index is 246. The molecule has 0 amide bonds. The zero-order valence-corrected chi connectivity index (χ0v) is 7.45. The molecule has 0 bridgehead atoms. The van der Waals surface area contributed by atoms with Crippen molar-refractivity contribution in [2.45, 2.75) is 6.42 Å². The summed E-state index contributed by atoms with van der Waals surface area (Å²) in [6.07, 6.45) is 2.21. The highest BCUT2D eigenvalue weighted by molar-refractivity contribution is 5.86. The zero-order valence-electron chi connectivity index (χ0n) is 7.45. The number of aromatic amines is 1. The molecular weight excluding hydrogens is 172 g/mol. The Hall–Kier alpha value is -1.36. The van der Waals surface area contributed by atoms with Gasteiger partial charge in [-0.1, -0.05) is 0 Å². The number of ether oxygens (including phenoxy) is 2. The molecule has 1 aromatic rings. The molecule has 0 unspecified atom stereocenters. The summed E-state index contributed by atoms with van der Waals surface area (Å²) in [6, 6.07) is 1.57. The van der Waals surface area contributed by atoms with Crippen molar-refractivity contribution in [1.29, 1.82) is 0 Å². The van der Waals surface area contributed by atoms with Crippen LogP contribution in [0.1, 0.15) is 16.9 Å². The molecule has 1 heterocycles. The predicted molar refractivity (Wildman–Crippen MR) is 45.4 cm³/mol. The van der Waals surface area contributed by atoms with Gasteiger partial charge in [-0.25, -0.2) is 4.79 Å². The van der Waals surface area contributed by atoms with Gasteiger partial charge in [0.25, 0.3) is 0 Å². The predicted octanol–water partition coefficient (Wildman–Crippen LogP) is 0.603. The van der Waals surface area contributed by atoms with Gasteiger partial charge in [0.2, 0.25) is 0 Å². The number of nitrogens with one attached hydrogen (secondary N) is 1. The molecule has 0 radical (unpaired) electrons. The molecule has 0 atom stereocenters. The van der Waals surface area contributed by atoms with E-state index in [1.807, 2.05) is 0 Å². The van der Waals surface area contributed by atoms with Gasteiger partial charge >= 0.3 is 5.97 Å². The third kappa shape index (κ3) is 3.25. The molecule has 0 aliphatic heterocycles. The van der Waals surface area contributed by atoms with Crippen molar-refractivity contribution in [2.24, 2.45) is 0 Å². The van der Waals surface area contributed by atoms with Crippen LogP contribution in [0.15, 0.2) is 12.3 Å². The summed E-state index contributed by atoms with van der Waals surface area (Å²) in [5, 5.41) is 6.16. The monoisotopic (exact) mass is 184 g/mol. The standard InChI is InChI=1S/C8H12N2O3/c1-12-5-2-6-13-8(11)7-3-4-9-10-7/h3-4H,2,5-6H2,1H3,(H,9,10). The SMILES string of the molecule is COCCCOC(=O)c1ccn[nH]1. The minimum Gasteiger partial charge on any atom is -0.461 e. The second-order valence-electron chi connectivity index (χ2n) is 2.45. The third-order valence-electron chi connectivity index (χ3n) is 1.45. The van der Waals surface area contributed by atoms with Crippen molar-refractivity contribution in [3.05, 3.63) is 18.0 Å².